The van der Waals surface area contributed by atoms with E-state index in [0.29, 0.717) is 5.69 Å². The Morgan fingerprint density at radius 3 is 2.71 bits per heavy atom. The minimum Gasteiger partial charge on any atom is -0.272 e. The van der Waals surface area contributed by atoms with Gasteiger partial charge in [0, 0.05) is 11.1 Å². The summed E-state index contributed by atoms with van der Waals surface area (Å²) in [6, 6.07) is 19.9. The number of carbonyl (C=O) groups is 1. The second-order valence-electron chi connectivity index (χ2n) is 6.06. The Morgan fingerprint density at radius 2 is 1.89 bits per heavy atom. The van der Waals surface area contributed by atoms with Crippen molar-refractivity contribution in [3.63, 3.8) is 0 Å². The zero-order valence-corrected chi connectivity index (χ0v) is 15.2. The molecule has 0 aliphatic carbocycles. The number of aromatic amines is 1. The lowest BCUT2D eigenvalue weighted by Gasteiger charge is -2.00. The van der Waals surface area contributed by atoms with Crippen molar-refractivity contribution < 1.29 is 9.18 Å². The maximum Gasteiger partial charge on any atom is 0.289 e. The fraction of sp³-hybridized carbons (Fsp3) is 0. The number of hydrazone groups is 1. The molecule has 138 valence electrons. The molecule has 0 aliphatic heterocycles. The molecule has 1 heterocycles. The van der Waals surface area contributed by atoms with Gasteiger partial charge >= 0.3 is 0 Å². The molecule has 0 aliphatic rings. The molecule has 2 N–H and O–H groups in total. The molecule has 5 nitrogen and oxygen atoms in total. The molecule has 1 aromatic heterocycles. The molecule has 1 amide bonds. The number of nitrogens with one attached hydrogen (secondary N) is 2. The molecular formula is C21H14ClFN4O. The largest absolute Gasteiger partial charge is 0.289 e. The van der Waals surface area contributed by atoms with Crippen LogP contribution >= 0.6 is 11.6 Å². The third-order valence-corrected chi connectivity index (χ3v) is 4.56. The number of halogens is 2. The number of benzene rings is 3. The summed E-state index contributed by atoms with van der Waals surface area (Å²) in [5.74, 6) is -1.02. The van der Waals surface area contributed by atoms with Crippen LogP contribution in [0.25, 0.3) is 22.0 Å². The minimum absolute atomic E-state index is 0.103. The predicted octanol–water partition coefficient (Wildman–Crippen LogP) is 4.79. The molecule has 0 saturated heterocycles. The number of amides is 1. The highest BCUT2D eigenvalue weighted by molar-refractivity contribution is 6.33. The van der Waals surface area contributed by atoms with Crippen LogP contribution in [0.4, 0.5) is 4.39 Å². The van der Waals surface area contributed by atoms with Gasteiger partial charge in [0.1, 0.15) is 11.5 Å². The smallest absolute Gasteiger partial charge is 0.272 e. The molecule has 4 rings (SSSR count). The lowest BCUT2D eigenvalue weighted by Crippen LogP contribution is -2.18. The highest BCUT2D eigenvalue weighted by Crippen LogP contribution is 2.23. The Labute approximate surface area is 164 Å². The number of hydrogen-bond acceptors (Lipinski definition) is 3. The van der Waals surface area contributed by atoms with Gasteiger partial charge in [-0.3, -0.25) is 9.89 Å². The first-order valence-electron chi connectivity index (χ1n) is 8.44. The molecule has 28 heavy (non-hydrogen) atoms. The molecule has 0 atom stereocenters. The normalized spacial score (nSPS) is 11.2. The van der Waals surface area contributed by atoms with Gasteiger partial charge in [-0.25, -0.2) is 9.82 Å². The lowest BCUT2D eigenvalue weighted by atomic mass is 10.1. The van der Waals surface area contributed by atoms with Crippen molar-refractivity contribution in [2.75, 3.05) is 0 Å². The highest BCUT2D eigenvalue weighted by Gasteiger charge is 2.11. The fourth-order valence-electron chi connectivity index (χ4n) is 2.78. The molecule has 0 fully saturated rings. The zero-order valence-electron chi connectivity index (χ0n) is 14.5. The number of aromatic nitrogens is 2. The van der Waals surface area contributed by atoms with Crippen LogP contribution in [0.5, 0.6) is 0 Å². The van der Waals surface area contributed by atoms with E-state index < -0.39 is 11.7 Å². The van der Waals surface area contributed by atoms with Crippen molar-refractivity contribution in [1.82, 2.24) is 15.6 Å². The van der Waals surface area contributed by atoms with Gasteiger partial charge in [0.05, 0.1) is 16.9 Å². The molecular weight excluding hydrogens is 379 g/mol. The number of nitrogens with zero attached hydrogens (tertiary/aromatic N) is 2. The van der Waals surface area contributed by atoms with E-state index in [2.05, 4.69) is 20.7 Å². The maximum absolute atomic E-state index is 13.7. The first kappa shape index (κ1) is 17.9. The summed E-state index contributed by atoms with van der Waals surface area (Å²) in [7, 11) is 0. The van der Waals surface area contributed by atoms with Gasteiger partial charge in [-0.15, -0.1) is 0 Å². The van der Waals surface area contributed by atoms with E-state index in [4.69, 9.17) is 11.6 Å². The van der Waals surface area contributed by atoms with Crippen LogP contribution < -0.4 is 5.43 Å². The molecule has 0 bridgehead atoms. The van der Waals surface area contributed by atoms with E-state index in [0.717, 1.165) is 22.6 Å². The van der Waals surface area contributed by atoms with Crippen LogP contribution in [0.15, 0.2) is 71.8 Å². The van der Waals surface area contributed by atoms with Gasteiger partial charge in [0.15, 0.2) is 0 Å². The van der Waals surface area contributed by atoms with E-state index in [1.807, 2.05) is 42.5 Å². The number of rotatable bonds is 4. The van der Waals surface area contributed by atoms with E-state index in [1.165, 1.54) is 12.1 Å². The summed E-state index contributed by atoms with van der Waals surface area (Å²) in [6.07, 6.45) is 1.16. The second kappa shape index (κ2) is 7.62. The van der Waals surface area contributed by atoms with E-state index in [-0.39, 0.29) is 16.3 Å². The summed E-state index contributed by atoms with van der Waals surface area (Å²) < 4.78 is 13.7. The monoisotopic (exact) mass is 392 g/mol. The van der Waals surface area contributed by atoms with Gasteiger partial charge in [-0.2, -0.15) is 10.2 Å². The average Bonchev–Trinajstić information content (AvgIpc) is 3.20. The third-order valence-electron chi connectivity index (χ3n) is 4.23. The minimum atomic E-state index is -0.523. The summed E-state index contributed by atoms with van der Waals surface area (Å²) >= 11 is 5.91. The van der Waals surface area contributed by atoms with Crippen LogP contribution in [0.1, 0.15) is 16.1 Å². The molecule has 0 unspecified atom stereocenters. The Morgan fingerprint density at radius 1 is 1.07 bits per heavy atom. The zero-order chi connectivity index (χ0) is 19.5. The maximum atomic E-state index is 13.7. The number of fused-ring (bicyclic) bond motifs is 1. The molecule has 3 aromatic carbocycles. The first-order chi connectivity index (χ1) is 13.6. The summed E-state index contributed by atoms with van der Waals surface area (Å²) in [5.41, 5.74) is 4.19. The Hall–Kier alpha value is -3.51. The van der Waals surface area contributed by atoms with Gasteiger partial charge in [-0.05, 0) is 35.0 Å². The van der Waals surface area contributed by atoms with E-state index in [1.54, 1.807) is 12.1 Å². The number of hydrogen-bond donors (Lipinski definition) is 2. The van der Waals surface area contributed by atoms with Crippen LogP contribution in [-0.4, -0.2) is 22.3 Å². The van der Waals surface area contributed by atoms with Crippen molar-refractivity contribution in [1.29, 1.82) is 0 Å². The number of H-pyrrole nitrogens is 1. The van der Waals surface area contributed by atoms with Crippen molar-refractivity contribution in [2.24, 2.45) is 5.10 Å². The average molecular weight is 393 g/mol. The van der Waals surface area contributed by atoms with Crippen molar-refractivity contribution in [2.45, 2.75) is 0 Å². The molecule has 0 saturated carbocycles. The Balaban J connectivity index is 1.50. The Kier molecular flexibility index (Phi) is 4.87. The van der Waals surface area contributed by atoms with Crippen LogP contribution in [0, 0.1) is 5.82 Å². The van der Waals surface area contributed by atoms with E-state index in [9.17, 15) is 9.18 Å². The van der Waals surface area contributed by atoms with Gasteiger partial charge in [0.25, 0.3) is 5.91 Å². The van der Waals surface area contributed by atoms with E-state index >= 15 is 0 Å². The summed E-state index contributed by atoms with van der Waals surface area (Å²) in [5, 5.41) is 13.1. The summed E-state index contributed by atoms with van der Waals surface area (Å²) in [4.78, 5) is 12.2. The van der Waals surface area contributed by atoms with Gasteiger partial charge in [-0.1, -0.05) is 54.1 Å². The topological polar surface area (TPSA) is 70.1 Å². The molecule has 0 radical (unpaired) electrons. The third kappa shape index (κ3) is 3.63. The fourth-order valence-corrected chi connectivity index (χ4v) is 3.00. The summed E-state index contributed by atoms with van der Waals surface area (Å²) in [6.45, 7) is 0. The quantitative estimate of drug-likeness (QED) is 0.387. The second-order valence-corrected chi connectivity index (χ2v) is 6.47. The molecule has 4 aromatic rings. The molecule has 7 heteroatoms. The molecule has 0 spiro atoms. The van der Waals surface area contributed by atoms with Gasteiger partial charge in [0.2, 0.25) is 0 Å². The lowest BCUT2D eigenvalue weighted by molar-refractivity contribution is 0.0950. The van der Waals surface area contributed by atoms with Crippen LogP contribution in [-0.2, 0) is 0 Å². The highest BCUT2D eigenvalue weighted by atomic mass is 35.5. The van der Waals surface area contributed by atoms with Crippen LogP contribution in [0.3, 0.4) is 0 Å². The van der Waals surface area contributed by atoms with Crippen LogP contribution in [0.2, 0.25) is 5.02 Å². The predicted molar refractivity (Wildman–Crippen MR) is 108 cm³/mol. The number of carbonyl (C=O) groups excluding carboxylic acids is 1. The first-order valence-corrected chi connectivity index (χ1v) is 8.81. The van der Waals surface area contributed by atoms with Crippen molar-refractivity contribution >= 4 is 34.5 Å². The van der Waals surface area contributed by atoms with Gasteiger partial charge < -0.3 is 0 Å². The Bertz CT molecular complexity index is 1180. The van der Waals surface area contributed by atoms with Crippen molar-refractivity contribution in [3.05, 3.63) is 88.8 Å². The van der Waals surface area contributed by atoms with Crippen molar-refractivity contribution in [3.8, 4) is 11.3 Å². The standard InChI is InChI=1S/C21H14ClFN4O/c22-17-6-3-7-18(23)16(17)12-24-27-21(28)20-11-19(25-26-20)15-9-8-13-4-1-2-5-14(13)10-15/h1-12H,(H,25,26)(H,27,28)/b24-12+. The SMILES string of the molecule is O=C(N/N=C/c1c(F)cccc1Cl)c1cc(-c2ccc3ccccc3c2)n[nH]1.